The molecular formula is C22H19N7O. The number of imidazole rings is 1. The Balaban J connectivity index is 1.54. The smallest absolute Gasteiger partial charge is 0.239 e. The second-order valence-electron chi connectivity index (χ2n) is 7.26. The highest BCUT2D eigenvalue weighted by molar-refractivity contribution is 5.86. The summed E-state index contributed by atoms with van der Waals surface area (Å²) in [5, 5.41) is 15.9. The van der Waals surface area contributed by atoms with Gasteiger partial charge in [0, 0.05) is 13.1 Å². The fraction of sp³-hybridized carbons (Fsp3) is 0.182. The maximum Gasteiger partial charge on any atom is 0.239 e. The molecule has 1 aromatic carbocycles. The van der Waals surface area contributed by atoms with Crippen molar-refractivity contribution in [1.82, 2.24) is 19.7 Å². The van der Waals surface area contributed by atoms with E-state index < -0.39 is 0 Å². The molecule has 0 radical (unpaired) electrons. The number of nitriles is 1. The van der Waals surface area contributed by atoms with E-state index in [0.717, 1.165) is 40.5 Å². The number of carbonyl (C=O) groups excluding carboxylic acids is 1. The van der Waals surface area contributed by atoms with Crippen LogP contribution < -0.4 is 15.5 Å². The SMILES string of the molecule is Cc1cc(Nc2ccc(N3CCNC(=O)C3)nc2)n2c(nc3ccccc32)c1C#N. The number of rotatable bonds is 3. The van der Waals surface area contributed by atoms with E-state index in [1.54, 1.807) is 6.20 Å². The molecule has 0 aliphatic carbocycles. The van der Waals surface area contributed by atoms with E-state index in [1.807, 2.05) is 58.7 Å². The zero-order valence-electron chi connectivity index (χ0n) is 16.4. The normalized spacial score (nSPS) is 14.0. The monoisotopic (exact) mass is 397 g/mol. The summed E-state index contributed by atoms with van der Waals surface area (Å²) in [6.07, 6.45) is 1.75. The molecule has 8 nitrogen and oxygen atoms in total. The molecule has 0 saturated carbocycles. The van der Waals surface area contributed by atoms with E-state index in [9.17, 15) is 10.1 Å². The molecule has 1 fully saturated rings. The van der Waals surface area contributed by atoms with Crippen LogP contribution in [0.4, 0.5) is 17.3 Å². The van der Waals surface area contributed by atoms with Gasteiger partial charge in [-0.1, -0.05) is 12.1 Å². The van der Waals surface area contributed by atoms with E-state index in [-0.39, 0.29) is 5.91 Å². The predicted octanol–water partition coefficient (Wildman–Crippen LogP) is 2.74. The van der Waals surface area contributed by atoms with Gasteiger partial charge in [0.2, 0.25) is 5.91 Å². The van der Waals surface area contributed by atoms with E-state index in [2.05, 4.69) is 26.7 Å². The van der Waals surface area contributed by atoms with Crippen LogP contribution in [0.3, 0.4) is 0 Å². The topological polar surface area (TPSA) is 98.3 Å². The van der Waals surface area contributed by atoms with Crippen LogP contribution in [0.5, 0.6) is 0 Å². The lowest BCUT2D eigenvalue weighted by molar-refractivity contribution is -0.120. The Morgan fingerprint density at radius 2 is 2.10 bits per heavy atom. The molecule has 148 valence electrons. The fourth-order valence-corrected chi connectivity index (χ4v) is 3.81. The van der Waals surface area contributed by atoms with Gasteiger partial charge in [0.25, 0.3) is 0 Å². The molecule has 1 aliphatic heterocycles. The van der Waals surface area contributed by atoms with Gasteiger partial charge in [-0.3, -0.25) is 9.20 Å². The van der Waals surface area contributed by atoms with Crippen LogP contribution in [0.15, 0.2) is 48.7 Å². The largest absolute Gasteiger partial charge is 0.353 e. The average molecular weight is 397 g/mol. The number of hydrogen-bond donors (Lipinski definition) is 2. The van der Waals surface area contributed by atoms with Gasteiger partial charge >= 0.3 is 0 Å². The van der Waals surface area contributed by atoms with Gasteiger partial charge in [-0.2, -0.15) is 5.26 Å². The van der Waals surface area contributed by atoms with E-state index >= 15 is 0 Å². The Bertz CT molecular complexity index is 1320. The van der Waals surface area contributed by atoms with Gasteiger partial charge in [0.05, 0.1) is 35.0 Å². The molecule has 1 amide bonds. The second-order valence-corrected chi connectivity index (χ2v) is 7.26. The lowest BCUT2D eigenvalue weighted by Gasteiger charge is -2.27. The first-order valence-corrected chi connectivity index (χ1v) is 9.69. The van der Waals surface area contributed by atoms with Gasteiger partial charge in [0.15, 0.2) is 5.65 Å². The lowest BCUT2D eigenvalue weighted by Crippen LogP contribution is -2.48. The summed E-state index contributed by atoms with van der Waals surface area (Å²) in [5.74, 6) is 1.58. The van der Waals surface area contributed by atoms with Crippen molar-refractivity contribution in [2.45, 2.75) is 6.92 Å². The van der Waals surface area contributed by atoms with Gasteiger partial charge in [0.1, 0.15) is 17.7 Å². The molecule has 1 saturated heterocycles. The molecule has 1 aliphatic rings. The fourth-order valence-electron chi connectivity index (χ4n) is 3.81. The Hall–Kier alpha value is -4.12. The summed E-state index contributed by atoms with van der Waals surface area (Å²) in [4.78, 5) is 22.8. The third-order valence-electron chi connectivity index (χ3n) is 5.27. The number of para-hydroxylation sites is 2. The molecule has 4 heterocycles. The minimum Gasteiger partial charge on any atom is -0.353 e. The summed E-state index contributed by atoms with van der Waals surface area (Å²) in [6, 6.07) is 15.9. The molecule has 0 unspecified atom stereocenters. The van der Waals surface area contributed by atoms with Crippen molar-refractivity contribution < 1.29 is 4.79 Å². The molecule has 5 rings (SSSR count). The molecule has 4 aromatic rings. The van der Waals surface area contributed by atoms with E-state index in [1.165, 1.54) is 0 Å². The molecule has 0 bridgehead atoms. The van der Waals surface area contributed by atoms with Gasteiger partial charge in [-0.05, 0) is 42.8 Å². The highest BCUT2D eigenvalue weighted by Gasteiger charge is 2.18. The van der Waals surface area contributed by atoms with Crippen molar-refractivity contribution >= 4 is 39.9 Å². The maximum absolute atomic E-state index is 11.6. The summed E-state index contributed by atoms with van der Waals surface area (Å²) < 4.78 is 1.96. The highest BCUT2D eigenvalue weighted by atomic mass is 16.2. The summed E-state index contributed by atoms with van der Waals surface area (Å²) >= 11 is 0. The van der Waals surface area contributed by atoms with E-state index in [0.29, 0.717) is 24.3 Å². The molecule has 8 heteroatoms. The Morgan fingerprint density at radius 3 is 2.87 bits per heavy atom. The molecule has 30 heavy (non-hydrogen) atoms. The van der Waals surface area contributed by atoms with Crippen LogP contribution in [0.2, 0.25) is 0 Å². The molecule has 0 spiro atoms. The quantitative estimate of drug-likeness (QED) is 0.552. The minimum atomic E-state index is 0.00712. The molecule has 2 N–H and O–H groups in total. The van der Waals surface area contributed by atoms with Crippen LogP contribution in [0.25, 0.3) is 16.7 Å². The number of hydrogen-bond acceptors (Lipinski definition) is 6. The van der Waals surface area contributed by atoms with Gasteiger partial charge < -0.3 is 15.5 Å². The van der Waals surface area contributed by atoms with Crippen molar-refractivity contribution in [2.24, 2.45) is 0 Å². The minimum absolute atomic E-state index is 0.00712. The van der Waals surface area contributed by atoms with Crippen LogP contribution in [-0.4, -0.2) is 39.9 Å². The van der Waals surface area contributed by atoms with Crippen molar-refractivity contribution in [3.63, 3.8) is 0 Å². The van der Waals surface area contributed by atoms with Crippen molar-refractivity contribution in [1.29, 1.82) is 5.26 Å². The average Bonchev–Trinajstić information content (AvgIpc) is 3.14. The number of benzene rings is 1. The number of nitrogens with one attached hydrogen (secondary N) is 2. The highest BCUT2D eigenvalue weighted by Crippen LogP contribution is 2.28. The van der Waals surface area contributed by atoms with Crippen LogP contribution in [0.1, 0.15) is 11.1 Å². The Morgan fingerprint density at radius 1 is 1.23 bits per heavy atom. The van der Waals surface area contributed by atoms with Crippen LogP contribution in [-0.2, 0) is 4.79 Å². The van der Waals surface area contributed by atoms with Gasteiger partial charge in [-0.25, -0.2) is 9.97 Å². The number of piperazine rings is 1. The van der Waals surface area contributed by atoms with Crippen LogP contribution in [0, 0.1) is 18.3 Å². The number of nitrogens with zero attached hydrogens (tertiary/aromatic N) is 5. The number of aromatic nitrogens is 3. The first kappa shape index (κ1) is 17.9. The lowest BCUT2D eigenvalue weighted by atomic mass is 10.1. The standard InChI is InChI=1S/C22H19N7O/c1-14-10-20(29-18-5-3-2-4-17(18)27-22(29)16(14)11-23)26-15-6-7-19(25-12-15)28-9-8-24-21(30)13-28/h2-7,10,12,26H,8-9,13H2,1H3,(H,24,30). The number of aryl methyl sites for hydroxylation is 1. The third kappa shape index (κ3) is 2.97. The number of carbonyl (C=O) groups is 1. The first-order valence-electron chi connectivity index (χ1n) is 9.69. The van der Waals surface area contributed by atoms with Crippen molar-refractivity contribution in [3.8, 4) is 6.07 Å². The second kappa shape index (κ2) is 7.04. The number of pyridine rings is 2. The number of anilines is 3. The zero-order valence-corrected chi connectivity index (χ0v) is 16.4. The molecule has 0 atom stereocenters. The maximum atomic E-state index is 11.6. The molecular weight excluding hydrogens is 378 g/mol. The Kier molecular flexibility index (Phi) is 4.21. The van der Waals surface area contributed by atoms with Crippen LogP contribution >= 0.6 is 0 Å². The summed E-state index contributed by atoms with van der Waals surface area (Å²) in [5.41, 5.74) is 4.61. The van der Waals surface area contributed by atoms with E-state index in [4.69, 9.17) is 0 Å². The predicted molar refractivity (Wildman–Crippen MR) is 115 cm³/mol. The number of fused-ring (bicyclic) bond motifs is 3. The van der Waals surface area contributed by atoms with Gasteiger partial charge in [-0.15, -0.1) is 0 Å². The summed E-state index contributed by atoms with van der Waals surface area (Å²) in [6.45, 7) is 3.58. The zero-order chi connectivity index (χ0) is 20.7. The summed E-state index contributed by atoms with van der Waals surface area (Å²) in [7, 11) is 0. The third-order valence-corrected chi connectivity index (χ3v) is 5.27. The van der Waals surface area contributed by atoms with Crippen molar-refractivity contribution in [3.05, 3.63) is 59.8 Å². The molecule has 3 aromatic heterocycles. The Labute approximate surface area is 172 Å². The number of amides is 1. The van der Waals surface area contributed by atoms with Crippen molar-refractivity contribution in [2.75, 3.05) is 29.9 Å². The first-order chi connectivity index (χ1) is 14.6.